The van der Waals surface area contributed by atoms with Gasteiger partial charge in [0.1, 0.15) is 54.0 Å². The topological polar surface area (TPSA) is 218 Å². The largest absolute Gasteiger partial charge is 0.486 e. The fourth-order valence-electron chi connectivity index (χ4n) is 11.4. The van der Waals surface area contributed by atoms with Crippen LogP contribution in [0.5, 0.6) is 11.8 Å². The molecule has 3 aliphatic rings. The Morgan fingerprint density at radius 1 is 0.902 bits per heavy atom. The molecular weight excluding hydrogens is 1070 g/mol. The van der Waals surface area contributed by atoms with Crippen LogP contribution in [0.4, 0.5) is 27.8 Å². The van der Waals surface area contributed by atoms with E-state index in [0.29, 0.717) is 46.6 Å². The molecule has 2 bridgehead atoms. The molecule has 3 aromatic heterocycles. The summed E-state index contributed by atoms with van der Waals surface area (Å²) in [5, 5.41) is 43.3. The third-order valence-corrected chi connectivity index (χ3v) is 15.8. The molecule has 2 amide bonds. The van der Waals surface area contributed by atoms with Crippen molar-refractivity contribution in [3.05, 3.63) is 131 Å². The second kappa shape index (κ2) is 22.7. The lowest BCUT2D eigenvalue weighted by molar-refractivity contribution is -0.142. The zero-order valence-electron chi connectivity index (χ0n) is 45.4. The van der Waals surface area contributed by atoms with E-state index in [-0.39, 0.29) is 101 Å². The highest BCUT2D eigenvalue weighted by Crippen LogP contribution is 2.51. The molecule has 82 heavy (non-hydrogen) atoms. The number of nitrogens with zero attached hydrogens (tertiary/aromatic N) is 8. The minimum atomic E-state index is -4.99. The average Bonchev–Trinajstić information content (AvgIpc) is 4.51. The molecule has 7 atom stereocenters. The van der Waals surface area contributed by atoms with Crippen molar-refractivity contribution in [1.29, 1.82) is 0 Å². The first-order valence-electron chi connectivity index (χ1n) is 27.0. The van der Waals surface area contributed by atoms with Gasteiger partial charge in [0.15, 0.2) is 5.75 Å². The van der Waals surface area contributed by atoms with Crippen LogP contribution in [0.2, 0.25) is 0 Å². The van der Waals surface area contributed by atoms with Crippen molar-refractivity contribution >= 4 is 39.4 Å². The number of alkyl halides is 3. The maximum atomic E-state index is 15.9. The van der Waals surface area contributed by atoms with E-state index < -0.39 is 71.6 Å². The molecular formula is C59H60F5N11O7. The molecule has 5 N–H and O–H groups in total. The molecule has 0 spiro atoms. The monoisotopic (exact) mass is 1130 g/mol. The molecule has 23 heteroatoms. The summed E-state index contributed by atoms with van der Waals surface area (Å²) in [6.07, 6.45) is -2.74. The number of aromatic amines is 1. The lowest BCUT2D eigenvalue weighted by Gasteiger charge is -2.30. The Bertz CT molecular complexity index is 3670. The maximum absolute atomic E-state index is 15.9. The second-order valence-electron chi connectivity index (χ2n) is 21.5. The number of hydrogen-bond acceptors (Lipinski definition) is 14. The standard InChI is InChI=1S/C59H60F5N11O7/c1-30(2)53(57(79)74-25-39(77)19-49(74)56(78)67-48(27-76)36-16-14-34(15-17-36)40-8-6-7-9-44(40)60)75-26-47(71-72-75)35-12-10-33(11-13-35)29-81-54-51(50-32(4)45(61)21-46-42(50)23-66-70-46)43(59(62,63)64)20-41-52(54)68-58(82-28-31(3)80-5)69-55(41)73-24-37-18-38(73)22-65-37/h6-17,20-21,23,26,30-31,37-39,48-49,53,65,76-77H,18-19,22,24-25,27-29H2,1-5H3,(H,66,70)(H,67,78)/t31-,37-,38-,39+,48-,49-,53-/m0/s1. The molecule has 5 aromatic carbocycles. The van der Waals surface area contributed by atoms with Crippen LogP contribution in [0.1, 0.15) is 68.0 Å². The Kier molecular flexibility index (Phi) is 15.4. The van der Waals surface area contributed by atoms with Gasteiger partial charge in [0.2, 0.25) is 11.8 Å². The first kappa shape index (κ1) is 55.8. The molecule has 3 fully saturated rings. The average molecular weight is 1130 g/mol. The molecule has 8 aromatic rings. The normalized spacial score (nSPS) is 19.1. The van der Waals surface area contributed by atoms with E-state index in [4.69, 9.17) is 24.2 Å². The number of ether oxygens (including phenoxy) is 3. The highest BCUT2D eigenvalue weighted by Gasteiger charge is 2.45. The van der Waals surface area contributed by atoms with Crippen molar-refractivity contribution in [2.45, 2.75) is 95.7 Å². The van der Waals surface area contributed by atoms with Crippen LogP contribution in [0.3, 0.4) is 0 Å². The van der Waals surface area contributed by atoms with Gasteiger partial charge in [-0.1, -0.05) is 85.8 Å². The van der Waals surface area contributed by atoms with Gasteiger partial charge in [-0.15, -0.1) is 5.10 Å². The Labute approximate surface area is 467 Å². The minimum absolute atomic E-state index is 0.0148. The third-order valence-electron chi connectivity index (χ3n) is 15.8. The van der Waals surface area contributed by atoms with Gasteiger partial charge >= 0.3 is 12.2 Å². The minimum Gasteiger partial charge on any atom is -0.486 e. The molecule has 0 radical (unpaired) electrons. The lowest BCUT2D eigenvalue weighted by Crippen LogP contribution is -2.50. The van der Waals surface area contributed by atoms with Gasteiger partial charge in [-0.05, 0) is 66.6 Å². The molecule has 3 aliphatic heterocycles. The Balaban J connectivity index is 0.878. The predicted molar refractivity (Wildman–Crippen MR) is 293 cm³/mol. The van der Waals surface area contributed by atoms with E-state index >= 15 is 17.6 Å². The number of halogens is 5. The number of anilines is 1. The van der Waals surface area contributed by atoms with Crippen LogP contribution in [-0.4, -0.2) is 132 Å². The van der Waals surface area contributed by atoms with Gasteiger partial charge in [-0.2, -0.15) is 28.2 Å². The van der Waals surface area contributed by atoms with Crippen molar-refractivity contribution in [3.8, 4) is 45.3 Å². The van der Waals surface area contributed by atoms with E-state index in [0.717, 1.165) is 12.5 Å². The van der Waals surface area contributed by atoms with Crippen molar-refractivity contribution in [3.63, 3.8) is 0 Å². The smallest absolute Gasteiger partial charge is 0.417 e. The summed E-state index contributed by atoms with van der Waals surface area (Å²) in [6, 6.07) is 19.1. The highest BCUT2D eigenvalue weighted by molar-refractivity contribution is 6.06. The number of rotatable bonds is 18. The maximum Gasteiger partial charge on any atom is 0.417 e. The summed E-state index contributed by atoms with van der Waals surface area (Å²) in [5.41, 5.74) is 1.53. The highest BCUT2D eigenvalue weighted by atomic mass is 19.4. The molecule has 11 rings (SSSR count). The van der Waals surface area contributed by atoms with E-state index in [1.165, 1.54) is 41.9 Å². The lowest BCUT2D eigenvalue weighted by atomic mass is 9.90. The van der Waals surface area contributed by atoms with Gasteiger partial charge in [0.25, 0.3) is 0 Å². The number of aliphatic hydroxyl groups is 2. The van der Waals surface area contributed by atoms with Crippen LogP contribution in [0.15, 0.2) is 97.3 Å². The van der Waals surface area contributed by atoms with Crippen LogP contribution < -0.4 is 25.0 Å². The third kappa shape index (κ3) is 10.8. The number of carbonyl (C=O) groups excluding carboxylic acids is 2. The van der Waals surface area contributed by atoms with Gasteiger partial charge < -0.3 is 44.9 Å². The first-order chi connectivity index (χ1) is 39.4. The molecule has 18 nitrogen and oxygen atoms in total. The summed E-state index contributed by atoms with van der Waals surface area (Å²) in [7, 11) is 1.52. The summed E-state index contributed by atoms with van der Waals surface area (Å²) in [5.74, 6) is -2.64. The fourth-order valence-corrected chi connectivity index (χ4v) is 11.4. The number of likely N-dealkylation sites (tertiary alicyclic amines) is 1. The van der Waals surface area contributed by atoms with Crippen LogP contribution in [0, 0.1) is 24.5 Å². The molecule has 0 unspecified atom stereocenters. The van der Waals surface area contributed by atoms with Crippen LogP contribution in [-0.2, 0) is 27.1 Å². The number of H-pyrrole nitrogens is 1. The van der Waals surface area contributed by atoms with E-state index in [1.807, 2.05) is 18.7 Å². The van der Waals surface area contributed by atoms with Crippen molar-refractivity contribution in [2.24, 2.45) is 5.92 Å². The van der Waals surface area contributed by atoms with Crippen molar-refractivity contribution < 1.29 is 56.0 Å². The zero-order valence-corrected chi connectivity index (χ0v) is 45.4. The number of fused-ring (bicyclic) bond motifs is 4. The zero-order chi connectivity index (χ0) is 57.7. The van der Waals surface area contributed by atoms with Gasteiger partial charge in [0.05, 0.1) is 48.3 Å². The Morgan fingerprint density at radius 2 is 1.66 bits per heavy atom. The van der Waals surface area contributed by atoms with Crippen LogP contribution in [0.25, 0.3) is 55.3 Å². The number of β-amino-alcohol motifs (C(OH)–C–C–N with tert-alkyl or cyclic N) is 1. The fraction of sp³-hybridized carbons (Fsp3) is 0.373. The van der Waals surface area contributed by atoms with Gasteiger partial charge in [-0.25, -0.2) is 13.5 Å². The second-order valence-corrected chi connectivity index (χ2v) is 21.5. The number of aliphatic hydroxyl groups excluding tert-OH is 2. The Morgan fingerprint density at radius 3 is 2.34 bits per heavy atom. The number of hydrogen-bond donors (Lipinski definition) is 5. The Hall–Kier alpha value is -8.12. The molecule has 6 heterocycles. The van der Waals surface area contributed by atoms with Crippen LogP contribution >= 0.6 is 0 Å². The number of piperazine rings is 1. The SMILES string of the molecule is CO[C@@H](C)COc1nc(N2C[C@@H]3C[C@H]2CN3)c2cc(C(F)(F)F)c(-c3c(C)c(F)cc4[nH]ncc34)c(OCc3ccc(-c4cn([C@H](C(=O)N5C[C@H](O)C[C@H]5C(=O)N[C@@H](CO)c5ccc(-c6ccccc6F)cc5)C(C)C)nn4)cc3)c2n1. The van der Waals surface area contributed by atoms with Crippen molar-refractivity contribution in [1.82, 2.24) is 50.7 Å². The van der Waals surface area contributed by atoms with Gasteiger partial charge in [-0.3, -0.25) is 14.7 Å². The summed E-state index contributed by atoms with van der Waals surface area (Å²) in [6.45, 7) is 7.03. The number of carbonyl (C=O) groups is 2. The molecule has 0 saturated carbocycles. The van der Waals surface area contributed by atoms with E-state index in [2.05, 4.69) is 31.1 Å². The molecule has 428 valence electrons. The van der Waals surface area contributed by atoms with E-state index in [1.54, 1.807) is 79.9 Å². The quantitative estimate of drug-likeness (QED) is 0.0512. The summed E-state index contributed by atoms with van der Waals surface area (Å²) in [4.78, 5) is 41.3. The summed E-state index contributed by atoms with van der Waals surface area (Å²) < 4.78 is 97.5. The summed E-state index contributed by atoms with van der Waals surface area (Å²) >= 11 is 0. The van der Waals surface area contributed by atoms with E-state index in [9.17, 15) is 24.2 Å². The molecule has 3 saturated heterocycles. The number of benzene rings is 5. The van der Waals surface area contributed by atoms with Crippen molar-refractivity contribution in [2.75, 3.05) is 44.9 Å². The number of aromatic nitrogens is 7. The number of methoxy groups -OCH3 is 1. The first-order valence-corrected chi connectivity index (χ1v) is 27.0. The molecule has 0 aliphatic carbocycles. The van der Waals surface area contributed by atoms with Gasteiger partial charge in [0, 0.05) is 78.3 Å². The number of nitrogens with one attached hydrogen (secondary N) is 3. The predicted octanol–water partition coefficient (Wildman–Crippen LogP) is 8.26. The number of amides is 2.